The van der Waals surface area contributed by atoms with Crippen LogP contribution in [0.1, 0.15) is 40.0 Å². The van der Waals surface area contributed by atoms with Gasteiger partial charge in [0, 0.05) is 0 Å². The minimum absolute atomic E-state index is 0.0742. The molecular weight excluding hydrogens is 272 g/mol. The molecule has 3 nitrogen and oxygen atoms in total. The van der Waals surface area contributed by atoms with Crippen LogP contribution in [0.3, 0.4) is 0 Å². The van der Waals surface area contributed by atoms with E-state index in [1.54, 1.807) is 24.3 Å². The number of hydrogen-bond acceptors (Lipinski definition) is 3. The topological polar surface area (TPSA) is 43.4 Å². The van der Waals surface area contributed by atoms with Crippen LogP contribution >= 0.6 is 0 Å². The molecule has 2 fully saturated rings. The van der Waals surface area contributed by atoms with E-state index in [4.69, 9.17) is 4.18 Å². The van der Waals surface area contributed by atoms with Crippen LogP contribution in [0, 0.1) is 16.7 Å². The quantitative estimate of drug-likeness (QED) is 0.800. The molecule has 2 aliphatic carbocycles. The van der Waals surface area contributed by atoms with Crippen molar-refractivity contribution in [2.24, 2.45) is 16.7 Å². The Morgan fingerprint density at radius 3 is 2.30 bits per heavy atom. The maximum atomic E-state index is 12.7. The van der Waals surface area contributed by atoms with Gasteiger partial charge in [0.25, 0.3) is 0 Å². The molecule has 1 aromatic carbocycles. The smallest absolute Gasteiger partial charge is 0.312 e. The van der Waals surface area contributed by atoms with Crippen molar-refractivity contribution in [2.45, 2.75) is 45.3 Å². The van der Waals surface area contributed by atoms with Crippen molar-refractivity contribution in [2.75, 3.05) is 0 Å². The molecule has 0 amide bonds. The Balaban J connectivity index is 1.91. The van der Waals surface area contributed by atoms with Crippen LogP contribution < -0.4 is 4.18 Å². The van der Waals surface area contributed by atoms with Crippen molar-refractivity contribution in [1.29, 1.82) is 0 Å². The summed E-state index contributed by atoms with van der Waals surface area (Å²) in [5.41, 5.74) is -0.101. The molecule has 20 heavy (non-hydrogen) atoms. The molecule has 2 aliphatic rings. The van der Waals surface area contributed by atoms with E-state index in [1.165, 1.54) is 0 Å². The molecule has 0 spiro atoms. The highest BCUT2D eigenvalue weighted by molar-refractivity contribution is 7.87. The monoisotopic (exact) mass is 294 g/mol. The summed E-state index contributed by atoms with van der Waals surface area (Å²) in [5, 5.41) is -0.385. The summed E-state index contributed by atoms with van der Waals surface area (Å²) in [6.07, 6.45) is 2.85. The summed E-state index contributed by atoms with van der Waals surface area (Å²) in [6.45, 7) is 6.54. The van der Waals surface area contributed by atoms with Crippen LogP contribution in [0.15, 0.2) is 30.3 Å². The van der Waals surface area contributed by atoms with Gasteiger partial charge < -0.3 is 4.18 Å². The fraction of sp³-hybridized carbons (Fsp3) is 0.625. The van der Waals surface area contributed by atoms with Gasteiger partial charge in [0.2, 0.25) is 0 Å². The van der Waals surface area contributed by atoms with Gasteiger partial charge in [-0.15, -0.1) is 0 Å². The maximum Gasteiger partial charge on any atom is 0.312 e. The first-order valence-corrected chi connectivity index (χ1v) is 8.73. The molecule has 2 bridgehead atoms. The Morgan fingerprint density at radius 2 is 1.80 bits per heavy atom. The van der Waals surface area contributed by atoms with Gasteiger partial charge in [-0.25, -0.2) is 0 Å². The van der Waals surface area contributed by atoms with Gasteiger partial charge in [-0.2, -0.15) is 8.42 Å². The lowest BCUT2D eigenvalue weighted by Crippen LogP contribution is -2.42. The van der Waals surface area contributed by atoms with Crippen molar-refractivity contribution in [3.8, 4) is 5.75 Å². The predicted molar refractivity (Wildman–Crippen MR) is 79.0 cm³/mol. The second-order valence-corrected chi connectivity index (χ2v) is 8.71. The zero-order valence-corrected chi connectivity index (χ0v) is 13.1. The summed E-state index contributed by atoms with van der Waals surface area (Å²) in [4.78, 5) is 0. The van der Waals surface area contributed by atoms with Gasteiger partial charge in [0.05, 0.1) is 0 Å². The molecule has 3 unspecified atom stereocenters. The van der Waals surface area contributed by atoms with E-state index in [0.717, 1.165) is 19.3 Å². The zero-order valence-electron chi connectivity index (χ0n) is 12.3. The third kappa shape index (κ3) is 1.80. The maximum absolute atomic E-state index is 12.7. The van der Waals surface area contributed by atoms with E-state index in [0.29, 0.717) is 11.7 Å². The van der Waals surface area contributed by atoms with E-state index in [1.807, 2.05) is 6.07 Å². The normalized spacial score (nSPS) is 35.1. The van der Waals surface area contributed by atoms with Crippen molar-refractivity contribution in [3.05, 3.63) is 30.3 Å². The molecule has 3 rings (SSSR count). The first-order valence-electron chi connectivity index (χ1n) is 7.26. The minimum Gasteiger partial charge on any atom is -0.382 e. The summed E-state index contributed by atoms with van der Waals surface area (Å²) < 4.78 is 30.7. The average molecular weight is 294 g/mol. The van der Waals surface area contributed by atoms with Gasteiger partial charge in [0.1, 0.15) is 11.0 Å². The summed E-state index contributed by atoms with van der Waals surface area (Å²) in [6, 6.07) is 8.81. The highest BCUT2D eigenvalue weighted by Gasteiger charge is 2.65. The van der Waals surface area contributed by atoms with Crippen LogP contribution in [-0.2, 0) is 10.1 Å². The standard InChI is InChI=1S/C16H22O3S/c1-15(2)12-9-10-16(15,3)14(11-12)20(17,18)19-13-7-5-4-6-8-13/h4-8,12,14H,9-11H2,1-3H3. The summed E-state index contributed by atoms with van der Waals surface area (Å²) in [5.74, 6) is 0.906. The van der Waals surface area contributed by atoms with Gasteiger partial charge >= 0.3 is 10.1 Å². The van der Waals surface area contributed by atoms with E-state index in [2.05, 4.69) is 20.8 Å². The number of hydrogen-bond donors (Lipinski definition) is 0. The summed E-state index contributed by atoms with van der Waals surface area (Å²) in [7, 11) is -3.57. The molecule has 0 aromatic heterocycles. The third-order valence-corrected chi connectivity index (χ3v) is 7.85. The number of benzene rings is 1. The molecule has 0 aliphatic heterocycles. The van der Waals surface area contributed by atoms with Crippen molar-refractivity contribution < 1.29 is 12.6 Å². The van der Waals surface area contributed by atoms with Crippen molar-refractivity contribution in [3.63, 3.8) is 0 Å². The Hall–Kier alpha value is -1.03. The number of fused-ring (bicyclic) bond motifs is 2. The fourth-order valence-electron chi connectivity index (χ4n) is 4.23. The van der Waals surface area contributed by atoms with Crippen LogP contribution in [0.2, 0.25) is 0 Å². The molecule has 0 saturated heterocycles. The third-order valence-electron chi connectivity index (χ3n) is 6.02. The molecular formula is C16H22O3S. The fourth-order valence-corrected chi connectivity index (χ4v) is 6.26. The van der Waals surface area contributed by atoms with Crippen molar-refractivity contribution >= 4 is 10.1 Å². The van der Waals surface area contributed by atoms with Gasteiger partial charge in [0.15, 0.2) is 0 Å². The Morgan fingerprint density at radius 1 is 1.15 bits per heavy atom. The zero-order chi connectivity index (χ0) is 14.6. The van der Waals surface area contributed by atoms with Crippen LogP contribution in [-0.4, -0.2) is 13.7 Å². The molecule has 0 N–H and O–H groups in total. The highest BCUT2D eigenvalue weighted by atomic mass is 32.2. The molecule has 0 radical (unpaired) electrons. The van der Waals surface area contributed by atoms with E-state index in [9.17, 15) is 8.42 Å². The second-order valence-electron chi connectivity index (χ2n) is 6.99. The molecule has 110 valence electrons. The molecule has 0 heterocycles. The van der Waals surface area contributed by atoms with Crippen LogP contribution in [0.4, 0.5) is 0 Å². The molecule has 4 heteroatoms. The van der Waals surface area contributed by atoms with Gasteiger partial charge in [-0.1, -0.05) is 39.0 Å². The van der Waals surface area contributed by atoms with Crippen LogP contribution in [0.25, 0.3) is 0 Å². The van der Waals surface area contributed by atoms with Crippen molar-refractivity contribution in [1.82, 2.24) is 0 Å². The predicted octanol–water partition coefficient (Wildman–Crippen LogP) is 3.61. The van der Waals surface area contributed by atoms with E-state index < -0.39 is 10.1 Å². The first-order chi connectivity index (χ1) is 9.27. The largest absolute Gasteiger partial charge is 0.382 e. The highest BCUT2D eigenvalue weighted by Crippen LogP contribution is 2.67. The SMILES string of the molecule is CC1(C)C2CCC1(C)C(S(=O)(=O)Oc1ccccc1)C2. The lowest BCUT2D eigenvalue weighted by Gasteiger charge is -2.38. The average Bonchev–Trinajstić information content (AvgIpc) is 2.72. The molecule has 2 saturated carbocycles. The lowest BCUT2D eigenvalue weighted by atomic mass is 9.71. The minimum atomic E-state index is -3.57. The summed E-state index contributed by atoms with van der Waals surface area (Å²) >= 11 is 0. The van der Waals surface area contributed by atoms with Crippen LogP contribution in [0.5, 0.6) is 5.75 Å². The van der Waals surface area contributed by atoms with E-state index >= 15 is 0 Å². The number of para-hydroxylation sites is 1. The Kier molecular flexibility index (Phi) is 2.95. The van der Waals surface area contributed by atoms with E-state index in [-0.39, 0.29) is 16.1 Å². The Labute approximate surface area is 121 Å². The van der Waals surface area contributed by atoms with Gasteiger partial charge in [-0.3, -0.25) is 0 Å². The number of rotatable bonds is 3. The van der Waals surface area contributed by atoms with Gasteiger partial charge in [-0.05, 0) is 48.1 Å². The molecule has 1 aromatic rings. The Bertz CT molecular complexity index is 606. The first kappa shape index (κ1) is 13.9. The second kappa shape index (κ2) is 4.23. The molecule has 3 atom stereocenters. The lowest BCUT2D eigenvalue weighted by molar-refractivity contribution is 0.152.